The quantitative estimate of drug-likeness (QED) is 0.910. The zero-order valence-corrected chi connectivity index (χ0v) is 13.2. The second-order valence-electron chi connectivity index (χ2n) is 5.93. The van der Waals surface area contributed by atoms with Crippen molar-refractivity contribution < 1.29 is 9.18 Å². The third-order valence-corrected chi connectivity index (χ3v) is 4.41. The van der Waals surface area contributed by atoms with Gasteiger partial charge < -0.3 is 10.6 Å². The van der Waals surface area contributed by atoms with Crippen LogP contribution in [0, 0.1) is 11.7 Å². The highest BCUT2D eigenvalue weighted by atomic mass is 19.1. The number of aryl methyl sites for hydroxylation is 1. The summed E-state index contributed by atoms with van der Waals surface area (Å²) in [7, 11) is 1.77. The molecule has 1 aromatic carbocycles. The molecule has 2 N–H and O–H groups in total. The molecule has 0 saturated heterocycles. The maximum atomic E-state index is 13.9. The highest BCUT2D eigenvalue weighted by molar-refractivity contribution is 5.74. The third-order valence-electron chi connectivity index (χ3n) is 4.41. The molecule has 122 valence electrons. The lowest BCUT2D eigenvalue weighted by molar-refractivity contribution is 0.228. The average Bonchev–Trinajstić information content (AvgIpc) is 2.93. The molecule has 0 fully saturated rings. The number of carbonyl (C=O) groups is 1. The normalized spacial score (nSPS) is 20.0. The fourth-order valence-corrected chi connectivity index (χ4v) is 3.03. The molecule has 0 saturated carbocycles. The summed E-state index contributed by atoms with van der Waals surface area (Å²) in [5.74, 6) is 0.730. The Hall–Kier alpha value is -2.44. The van der Waals surface area contributed by atoms with E-state index in [1.165, 1.54) is 12.4 Å². The van der Waals surface area contributed by atoms with Crippen molar-refractivity contribution in [1.82, 2.24) is 25.4 Å². The van der Waals surface area contributed by atoms with Gasteiger partial charge in [0, 0.05) is 7.05 Å². The van der Waals surface area contributed by atoms with E-state index in [1.807, 2.05) is 6.07 Å². The van der Waals surface area contributed by atoms with E-state index >= 15 is 0 Å². The minimum atomic E-state index is -0.290. The molecule has 3 rings (SSSR count). The molecule has 7 heteroatoms. The van der Waals surface area contributed by atoms with Crippen molar-refractivity contribution in [3.63, 3.8) is 0 Å². The van der Waals surface area contributed by atoms with Gasteiger partial charge in [-0.15, -0.1) is 0 Å². The predicted molar refractivity (Wildman–Crippen MR) is 83.0 cm³/mol. The number of hydrogen-bond donors (Lipinski definition) is 2. The number of halogens is 1. The molecule has 1 aromatic heterocycles. The monoisotopic (exact) mass is 317 g/mol. The summed E-state index contributed by atoms with van der Waals surface area (Å²) in [6.07, 6.45) is 3.00. The zero-order valence-electron chi connectivity index (χ0n) is 13.2. The van der Waals surface area contributed by atoms with Crippen LogP contribution >= 0.6 is 0 Å². The first-order valence-electron chi connectivity index (χ1n) is 7.70. The molecule has 0 unspecified atom stereocenters. The molecular weight excluding hydrogens is 297 g/mol. The number of amides is 2. The van der Waals surface area contributed by atoms with E-state index in [9.17, 15) is 9.18 Å². The van der Waals surface area contributed by atoms with Gasteiger partial charge in [-0.25, -0.2) is 14.2 Å². The largest absolute Gasteiger partial charge is 0.331 e. The standard InChI is InChI=1S/C16H20FN5O/c1-10-6-7-11-12(4-3-5-13(11)17)15(10)21-16(23)18-8-14-19-9-20-22(14)2/h3-5,9-10,15H,6-8H2,1-2H3,(H2,18,21,23)/t10-,15-/m0/s1. The van der Waals surface area contributed by atoms with Crippen molar-refractivity contribution in [3.8, 4) is 0 Å². The smallest absolute Gasteiger partial charge is 0.315 e. The summed E-state index contributed by atoms with van der Waals surface area (Å²) in [6, 6.07) is 4.58. The van der Waals surface area contributed by atoms with E-state index in [0.717, 1.165) is 12.0 Å². The fourth-order valence-electron chi connectivity index (χ4n) is 3.03. The van der Waals surface area contributed by atoms with Gasteiger partial charge in [0.25, 0.3) is 0 Å². The summed E-state index contributed by atoms with van der Waals surface area (Å²) >= 11 is 0. The molecule has 2 aromatic rings. The molecule has 1 aliphatic carbocycles. The number of carbonyl (C=O) groups excluding carboxylic acids is 1. The van der Waals surface area contributed by atoms with Crippen LogP contribution in [0.4, 0.5) is 9.18 Å². The van der Waals surface area contributed by atoms with E-state index in [0.29, 0.717) is 24.4 Å². The van der Waals surface area contributed by atoms with E-state index in [-0.39, 0.29) is 23.8 Å². The molecule has 6 nitrogen and oxygen atoms in total. The molecular formula is C16H20FN5O. The molecule has 2 atom stereocenters. The van der Waals surface area contributed by atoms with Crippen LogP contribution in [0.15, 0.2) is 24.5 Å². The van der Waals surface area contributed by atoms with E-state index < -0.39 is 0 Å². The van der Waals surface area contributed by atoms with Gasteiger partial charge in [0.05, 0.1) is 12.6 Å². The van der Waals surface area contributed by atoms with Gasteiger partial charge in [-0.1, -0.05) is 19.1 Å². The lowest BCUT2D eigenvalue weighted by Crippen LogP contribution is -2.41. The van der Waals surface area contributed by atoms with Gasteiger partial charge in [0.2, 0.25) is 0 Å². The summed E-state index contributed by atoms with van der Waals surface area (Å²) in [4.78, 5) is 16.2. The van der Waals surface area contributed by atoms with Crippen molar-refractivity contribution in [1.29, 1.82) is 0 Å². The zero-order chi connectivity index (χ0) is 16.4. The molecule has 0 bridgehead atoms. The fraction of sp³-hybridized carbons (Fsp3) is 0.438. The molecule has 0 radical (unpaired) electrons. The lowest BCUT2D eigenvalue weighted by atomic mass is 9.80. The Morgan fingerprint density at radius 1 is 1.48 bits per heavy atom. The topological polar surface area (TPSA) is 71.8 Å². The van der Waals surface area contributed by atoms with Crippen LogP contribution in [-0.2, 0) is 20.0 Å². The summed E-state index contributed by atoms with van der Waals surface area (Å²) in [6.45, 7) is 2.36. The molecule has 23 heavy (non-hydrogen) atoms. The Morgan fingerprint density at radius 3 is 3.04 bits per heavy atom. The highest BCUT2D eigenvalue weighted by Crippen LogP contribution is 2.35. The number of aromatic nitrogens is 3. The number of hydrogen-bond acceptors (Lipinski definition) is 3. The van der Waals surface area contributed by atoms with Crippen LogP contribution < -0.4 is 10.6 Å². The van der Waals surface area contributed by atoms with E-state index in [4.69, 9.17) is 0 Å². The van der Waals surface area contributed by atoms with Gasteiger partial charge in [-0.3, -0.25) is 4.68 Å². The number of benzene rings is 1. The summed E-state index contributed by atoms with van der Waals surface area (Å²) in [5.41, 5.74) is 1.58. The van der Waals surface area contributed by atoms with E-state index in [1.54, 1.807) is 17.8 Å². The van der Waals surface area contributed by atoms with Gasteiger partial charge in [0.1, 0.15) is 18.0 Å². The van der Waals surface area contributed by atoms with Crippen LogP contribution in [0.25, 0.3) is 0 Å². The van der Waals surface area contributed by atoms with Crippen LogP contribution in [0.3, 0.4) is 0 Å². The summed E-state index contributed by atoms with van der Waals surface area (Å²) in [5, 5.41) is 9.69. The summed E-state index contributed by atoms with van der Waals surface area (Å²) < 4.78 is 15.5. The van der Waals surface area contributed by atoms with Gasteiger partial charge >= 0.3 is 6.03 Å². The van der Waals surface area contributed by atoms with Gasteiger partial charge in [-0.2, -0.15) is 5.10 Å². The van der Waals surface area contributed by atoms with Crippen molar-refractivity contribution in [2.24, 2.45) is 13.0 Å². The van der Waals surface area contributed by atoms with Crippen LogP contribution in [-0.4, -0.2) is 20.8 Å². The number of fused-ring (bicyclic) bond motifs is 1. The number of nitrogens with zero attached hydrogens (tertiary/aromatic N) is 3. The Labute approximate surface area is 134 Å². The first kappa shape index (κ1) is 15.5. The molecule has 0 aliphatic heterocycles. The van der Waals surface area contributed by atoms with Crippen molar-refractivity contribution in [3.05, 3.63) is 47.3 Å². The van der Waals surface area contributed by atoms with Crippen molar-refractivity contribution in [2.45, 2.75) is 32.4 Å². The highest BCUT2D eigenvalue weighted by Gasteiger charge is 2.29. The lowest BCUT2D eigenvalue weighted by Gasteiger charge is -2.32. The Balaban J connectivity index is 1.68. The molecule has 1 heterocycles. The first-order valence-corrected chi connectivity index (χ1v) is 7.70. The second-order valence-corrected chi connectivity index (χ2v) is 5.93. The van der Waals surface area contributed by atoms with E-state index in [2.05, 4.69) is 27.6 Å². The number of rotatable bonds is 3. The maximum Gasteiger partial charge on any atom is 0.315 e. The van der Waals surface area contributed by atoms with Gasteiger partial charge in [-0.05, 0) is 36.0 Å². The van der Waals surface area contributed by atoms with Crippen molar-refractivity contribution >= 4 is 6.03 Å². The average molecular weight is 317 g/mol. The minimum absolute atomic E-state index is 0.186. The number of urea groups is 1. The second kappa shape index (κ2) is 6.36. The van der Waals surface area contributed by atoms with Crippen LogP contribution in [0.2, 0.25) is 0 Å². The first-order chi connectivity index (χ1) is 11.1. The van der Waals surface area contributed by atoms with Crippen LogP contribution in [0.5, 0.6) is 0 Å². The number of nitrogens with one attached hydrogen (secondary N) is 2. The Kier molecular flexibility index (Phi) is 4.27. The molecule has 1 aliphatic rings. The SMILES string of the molecule is C[C@H]1CCc2c(F)cccc2[C@H]1NC(=O)NCc1ncnn1C. The molecule has 0 spiro atoms. The Morgan fingerprint density at radius 2 is 2.30 bits per heavy atom. The maximum absolute atomic E-state index is 13.9. The van der Waals surface area contributed by atoms with Crippen molar-refractivity contribution in [2.75, 3.05) is 0 Å². The molecule has 2 amide bonds. The minimum Gasteiger partial charge on any atom is -0.331 e. The van der Waals surface area contributed by atoms with Crippen LogP contribution in [0.1, 0.15) is 36.3 Å². The third kappa shape index (κ3) is 3.18. The predicted octanol–water partition coefficient (Wildman–Crippen LogP) is 2.08. The Bertz CT molecular complexity index is 714. The van der Waals surface area contributed by atoms with Gasteiger partial charge in [0.15, 0.2) is 0 Å².